The number of amides is 3. The van der Waals surface area contributed by atoms with Crippen LogP contribution in [0, 0.1) is 0 Å². The van der Waals surface area contributed by atoms with E-state index in [1.165, 1.54) is 31.3 Å². The lowest BCUT2D eigenvalue weighted by Crippen LogP contribution is -2.42. The number of likely N-dealkylation sites (N-methyl/N-ethyl adjacent to an activating group) is 1. The van der Waals surface area contributed by atoms with Gasteiger partial charge in [-0.2, -0.15) is 4.31 Å². The minimum atomic E-state index is -3.82. The van der Waals surface area contributed by atoms with Gasteiger partial charge in [-0.05, 0) is 36.4 Å². The number of nitrogens with zero attached hydrogens (tertiary/aromatic N) is 2. The second kappa shape index (κ2) is 7.10. The van der Waals surface area contributed by atoms with Crippen molar-refractivity contribution in [2.75, 3.05) is 13.6 Å². The van der Waals surface area contributed by atoms with Crippen LogP contribution >= 0.6 is 0 Å². The summed E-state index contributed by atoms with van der Waals surface area (Å²) >= 11 is 0. The molecule has 136 valence electrons. The summed E-state index contributed by atoms with van der Waals surface area (Å²) in [5.41, 5.74) is 0. The highest BCUT2D eigenvalue weighted by Gasteiger charge is 2.33. The van der Waals surface area contributed by atoms with Crippen molar-refractivity contribution in [2.24, 2.45) is 0 Å². The van der Waals surface area contributed by atoms with Gasteiger partial charge in [-0.15, -0.1) is 0 Å². The van der Waals surface area contributed by atoms with Crippen LogP contribution in [0.5, 0.6) is 11.5 Å². The maximum Gasteiger partial charge on any atom is 0.322 e. The third-order valence-corrected chi connectivity index (χ3v) is 5.55. The molecule has 0 bridgehead atoms. The summed E-state index contributed by atoms with van der Waals surface area (Å²) in [7, 11) is -2.48. The number of benzene rings is 1. The Labute approximate surface area is 150 Å². The molecule has 1 atom stereocenters. The van der Waals surface area contributed by atoms with E-state index < -0.39 is 28.0 Å². The molecule has 3 rings (SSSR count). The number of carbonyl (C=O) groups is 2. The lowest BCUT2D eigenvalue weighted by Gasteiger charge is -2.19. The predicted octanol–water partition coefficient (Wildman–Crippen LogP) is 0.702. The lowest BCUT2D eigenvalue weighted by atomic mass is 10.3. The van der Waals surface area contributed by atoms with Crippen LogP contribution in [0.2, 0.25) is 0 Å². The van der Waals surface area contributed by atoms with Gasteiger partial charge < -0.3 is 10.1 Å². The van der Waals surface area contributed by atoms with Gasteiger partial charge in [0.2, 0.25) is 10.0 Å². The van der Waals surface area contributed by atoms with Gasteiger partial charge in [0, 0.05) is 26.0 Å². The summed E-state index contributed by atoms with van der Waals surface area (Å²) in [6, 6.07) is 7.69. The summed E-state index contributed by atoms with van der Waals surface area (Å²) in [5, 5.41) is 4.43. The Morgan fingerprint density at radius 2 is 1.69 bits per heavy atom. The minimum absolute atomic E-state index is 0.0480. The van der Waals surface area contributed by atoms with E-state index in [-0.39, 0.29) is 11.4 Å². The van der Waals surface area contributed by atoms with E-state index in [9.17, 15) is 18.0 Å². The van der Waals surface area contributed by atoms with Gasteiger partial charge in [0.25, 0.3) is 5.91 Å². The van der Waals surface area contributed by atoms with E-state index >= 15 is 0 Å². The van der Waals surface area contributed by atoms with Crippen LogP contribution in [0.15, 0.2) is 53.7 Å². The predicted molar refractivity (Wildman–Crippen MR) is 91.0 cm³/mol. The molecular formula is C16H16N4O5S. The first kappa shape index (κ1) is 17.8. The summed E-state index contributed by atoms with van der Waals surface area (Å²) in [5.74, 6) is 0.495. The zero-order valence-corrected chi connectivity index (χ0v) is 14.6. The van der Waals surface area contributed by atoms with E-state index in [0.717, 1.165) is 4.31 Å². The Hall–Kier alpha value is -2.98. The Balaban J connectivity index is 1.70. The number of carbonyl (C=O) groups excluding carboxylic acids is 2. The molecule has 0 radical (unpaired) electrons. The molecule has 3 amide bonds. The first-order chi connectivity index (χ1) is 12.4. The van der Waals surface area contributed by atoms with Crippen LogP contribution in [-0.2, 0) is 14.8 Å². The molecule has 26 heavy (non-hydrogen) atoms. The molecule has 0 aliphatic carbocycles. The number of pyridine rings is 1. The summed E-state index contributed by atoms with van der Waals surface area (Å²) in [6.07, 6.45) is 3.17. The number of rotatable bonds is 6. The quantitative estimate of drug-likeness (QED) is 0.717. The van der Waals surface area contributed by atoms with Crippen molar-refractivity contribution in [2.45, 2.75) is 10.9 Å². The van der Waals surface area contributed by atoms with Crippen LogP contribution in [0.1, 0.15) is 0 Å². The molecule has 1 aromatic heterocycles. The van der Waals surface area contributed by atoms with Crippen LogP contribution in [0.25, 0.3) is 0 Å². The normalized spacial score (nSPS) is 17.1. The smallest absolute Gasteiger partial charge is 0.322 e. The van der Waals surface area contributed by atoms with Gasteiger partial charge in [0.15, 0.2) is 0 Å². The average Bonchev–Trinajstić information content (AvgIpc) is 2.93. The standard InChI is InChI=1S/C16H16N4O5S/c1-20(10-14-15(21)19-16(22)18-14)26(23,24)13-4-2-11(3-5-13)25-12-6-8-17-9-7-12/h2-9,14H,10H2,1H3,(H2,18,19,21,22). The number of imide groups is 1. The van der Waals surface area contributed by atoms with E-state index in [0.29, 0.717) is 11.5 Å². The molecule has 1 fully saturated rings. The number of aromatic nitrogens is 1. The van der Waals surface area contributed by atoms with E-state index in [2.05, 4.69) is 15.6 Å². The number of nitrogens with one attached hydrogen (secondary N) is 2. The van der Waals surface area contributed by atoms with Gasteiger partial charge >= 0.3 is 6.03 Å². The molecule has 1 aliphatic heterocycles. The number of hydrogen-bond donors (Lipinski definition) is 2. The number of urea groups is 1. The monoisotopic (exact) mass is 376 g/mol. The minimum Gasteiger partial charge on any atom is -0.457 e. The maximum absolute atomic E-state index is 12.6. The van der Waals surface area contributed by atoms with Crippen molar-refractivity contribution in [3.05, 3.63) is 48.8 Å². The van der Waals surface area contributed by atoms with Crippen molar-refractivity contribution in [1.29, 1.82) is 0 Å². The largest absolute Gasteiger partial charge is 0.457 e. The maximum atomic E-state index is 12.6. The average molecular weight is 376 g/mol. The molecule has 2 heterocycles. The highest BCUT2D eigenvalue weighted by atomic mass is 32.2. The number of ether oxygens (including phenoxy) is 1. The van der Waals surface area contributed by atoms with Crippen LogP contribution in [0.4, 0.5) is 4.79 Å². The van der Waals surface area contributed by atoms with Gasteiger partial charge in [-0.1, -0.05) is 0 Å². The second-order valence-electron chi connectivity index (χ2n) is 5.56. The van der Waals surface area contributed by atoms with Gasteiger partial charge in [-0.3, -0.25) is 15.1 Å². The molecule has 2 N–H and O–H groups in total. The van der Waals surface area contributed by atoms with Crippen molar-refractivity contribution in [3.63, 3.8) is 0 Å². The Kier molecular flexibility index (Phi) is 4.87. The summed E-state index contributed by atoms with van der Waals surface area (Å²) < 4.78 is 31.8. The SMILES string of the molecule is CN(CC1NC(=O)NC1=O)S(=O)(=O)c1ccc(Oc2ccncc2)cc1. The molecule has 2 aromatic rings. The molecule has 1 saturated heterocycles. The second-order valence-corrected chi connectivity index (χ2v) is 7.60. The van der Waals surface area contributed by atoms with Gasteiger partial charge in [0.05, 0.1) is 4.90 Å². The first-order valence-electron chi connectivity index (χ1n) is 7.62. The van der Waals surface area contributed by atoms with E-state index in [1.54, 1.807) is 24.5 Å². The Morgan fingerprint density at radius 1 is 1.08 bits per heavy atom. The molecule has 0 saturated carbocycles. The molecule has 1 aliphatic rings. The highest BCUT2D eigenvalue weighted by Crippen LogP contribution is 2.23. The molecule has 1 unspecified atom stereocenters. The Bertz CT molecular complexity index is 915. The van der Waals surface area contributed by atoms with Crippen molar-refractivity contribution in [1.82, 2.24) is 19.9 Å². The zero-order chi connectivity index (χ0) is 18.7. The Morgan fingerprint density at radius 3 is 2.27 bits per heavy atom. The topological polar surface area (TPSA) is 118 Å². The number of sulfonamides is 1. The molecule has 9 nitrogen and oxygen atoms in total. The third-order valence-electron chi connectivity index (χ3n) is 3.72. The van der Waals surface area contributed by atoms with Crippen LogP contribution < -0.4 is 15.4 Å². The van der Waals surface area contributed by atoms with Crippen LogP contribution in [0.3, 0.4) is 0 Å². The summed E-state index contributed by atoms with van der Waals surface area (Å²) in [4.78, 5) is 26.6. The van der Waals surface area contributed by atoms with E-state index in [4.69, 9.17) is 4.74 Å². The fraction of sp³-hybridized carbons (Fsp3) is 0.188. The van der Waals surface area contributed by atoms with Crippen molar-refractivity contribution >= 4 is 22.0 Å². The lowest BCUT2D eigenvalue weighted by molar-refractivity contribution is -0.120. The fourth-order valence-corrected chi connectivity index (χ4v) is 3.53. The van der Waals surface area contributed by atoms with Gasteiger partial charge in [-0.25, -0.2) is 13.2 Å². The first-order valence-corrected chi connectivity index (χ1v) is 9.06. The zero-order valence-electron chi connectivity index (χ0n) is 13.7. The van der Waals surface area contributed by atoms with E-state index in [1.807, 2.05) is 0 Å². The highest BCUT2D eigenvalue weighted by molar-refractivity contribution is 7.89. The van der Waals surface area contributed by atoms with Crippen molar-refractivity contribution in [3.8, 4) is 11.5 Å². The van der Waals surface area contributed by atoms with Gasteiger partial charge in [0.1, 0.15) is 17.5 Å². The van der Waals surface area contributed by atoms with Crippen LogP contribution in [-0.4, -0.2) is 49.3 Å². The summed E-state index contributed by atoms with van der Waals surface area (Å²) in [6.45, 7) is -0.171. The molecule has 0 spiro atoms. The third kappa shape index (κ3) is 3.81. The molecular weight excluding hydrogens is 360 g/mol. The molecule has 10 heteroatoms. The van der Waals surface area contributed by atoms with Crippen molar-refractivity contribution < 1.29 is 22.7 Å². The molecule has 1 aromatic carbocycles. The fourth-order valence-electron chi connectivity index (χ4n) is 2.34. The number of hydrogen-bond acceptors (Lipinski definition) is 6.